The molecule has 0 unspecified atom stereocenters. The van der Waals surface area contributed by atoms with Crippen LogP contribution in [-0.4, -0.2) is 37.0 Å². The Morgan fingerprint density at radius 2 is 1.46 bits per heavy atom. The van der Waals surface area contributed by atoms with E-state index in [1.165, 1.54) is 0 Å². The highest BCUT2D eigenvalue weighted by Gasteiger charge is 2.37. The van der Waals surface area contributed by atoms with Crippen LogP contribution in [0.25, 0.3) is 0 Å². The largest absolute Gasteiger partial charge is 0.506 e. The van der Waals surface area contributed by atoms with Crippen molar-refractivity contribution in [2.24, 2.45) is 0 Å². The van der Waals surface area contributed by atoms with Gasteiger partial charge >= 0.3 is 0 Å². The number of sulfone groups is 1. The molecule has 3 N–H and O–H groups in total. The fourth-order valence-corrected chi connectivity index (χ4v) is 5.23. The van der Waals surface area contributed by atoms with Gasteiger partial charge in [0, 0.05) is 16.1 Å². The summed E-state index contributed by atoms with van der Waals surface area (Å²) in [6, 6.07) is 2.78. The van der Waals surface area contributed by atoms with Gasteiger partial charge in [-0.25, -0.2) is 8.42 Å². The number of hydrogen-bond donors (Lipinski definition) is 3. The van der Waals surface area contributed by atoms with E-state index < -0.39 is 68.2 Å². The maximum Gasteiger partial charge on any atom is 0.222 e. The topological polar surface area (TPSA) is 129 Å². The summed E-state index contributed by atoms with van der Waals surface area (Å²) in [6.07, 6.45) is 0. The van der Waals surface area contributed by atoms with E-state index in [-0.39, 0.29) is 5.02 Å². The monoisotopic (exact) mass is 408 g/mol. The highest BCUT2D eigenvalue weighted by molar-refractivity contribution is 7.91. The lowest BCUT2D eigenvalue weighted by Gasteiger charge is -2.19. The molecule has 11 heteroatoms. The maximum atomic E-state index is 12.7. The first kappa shape index (κ1) is 16.9. The van der Waals surface area contributed by atoms with Crippen LogP contribution >= 0.6 is 23.2 Å². The zero-order chi connectivity index (χ0) is 18.0. The van der Waals surface area contributed by atoms with Crippen LogP contribution in [-0.2, 0) is 20.1 Å². The summed E-state index contributed by atoms with van der Waals surface area (Å²) in [5.41, 5.74) is -0.912. The molecule has 0 radical (unpaired) electrons. The lowest BCUT2D eigenvalue weighted by Crippen LogP contribution is -2.14. The van der Waals surface area contributed by atoms with Gasteiger partial charge in [0.25, 0.3) is 0 Å². The fraction of sp³-hybridized carbons (Fsp3) is 0. The average molecular weight is 409 g/mol. The number of aromatic hydroxyl groups is 3. The molecular formula is C13H6Cl2O7S2. The third-order valence-corrected chi connectivity index (χ3v) is 6.53. The molecule has 3 rings (SSSR count). The van der Waals surface area contributed by atoms with Crippen molar-refractivity contribution in [1.29, 1.82) is 0 Å². The summed E-state index contributed by atoms with van der Waals surface area (Å²) in [6.45, 7) is 0. The van der Waals surface area contributed by atoms with Crippen LogP contribution in [0.15, 0.2) is 28.0 Å². The molecule has 0 aromatic heterocycles. The van der Waals surface area contributed by atoms with Gasteiger partial charge in [-0.2, -0.15) is 8.42 Å². The van der Waals surface area contributed by atoms with Crippen molar-refractivity contribution in [3.8, 4) is 17.2 Å². The van der Waals surface area contributed by atoms with Crippen LogP contribution in [0.5, 0.6) is 17.2 Å². The Bertz CT molecular complexity index is 1160. The number of phenolic OH excluding ortho intramolecular Hbond substituents is 3. The van der Waals surface area contributed by atoms with Gasteiger partial charge in [0.15, 0.2) is 10.6 Å². The smallest absolute Gasteiger partial charge is 0.222 e. The Balaban J connectivity index is 2.75. The average Bonchev–Trinajstić information content (AvgIpc) is 2.46. The molecule has 7 nitrogen and oxygen atoms in total. The number of halogens is 2. The van der Waals surface area contributed by atoms with Crippen LogP contribution < -0.4 is 0 Å². The van der Waals surface area contributed by atoms with Gasteiger partial charge in [-0.05, 0) is 18.2 Å². The highest BCUT2D eigenvalue weighted by atomic mass is 35.5. The number of phenols is 3. The lowest BCUT2D eigenvalue weighted by molar-refractivity contribution is 0.420. The van der Waals surface area contributed by atoms with Crippen molar-refractivity contribution >= 4 is 48.2 Å². The summed E-state index contributed by atoms with van der Waals surface area (Å²) in [7, 11) is -7.64. The minimum Gasteiger partial charge on any atom is -0.506 e. The van der Waals surface area contributed by atoms with Gasteiger partial charge in [-0.1, -0.05) is 23.2 Å². The predicted molar refractivity (Wildman–Crippen MR) is 85.5 cm³/mol. The van der Waals surface area contributed by atoms with Gasteiger partial charge in [-0.3, -0.25) is 0 Å². The first-order valence-electron chi connectivity index (χ1n) is 6.06. The van der Waals surface area contributed by atoms with Crippen molar-refractivity contribution < 1.29 is 32.2 Å². The molecule has 0 aliphatic carbocycles. The van der Waals surface area contributed by atoms with E-state index in [1.807, 2.05) is 0 Å². The summed E-state index contributed by atoms with van der Waals surface area (Å²) in [5.74, 6) is -2.85. The highest BCUT2D eigenvalue weighted by Crippen LogP contribution is 2.48. The van der Waals surface area contributed by atoms with Crippen LogP contribution in [0.3, 0.4) is 0 Å². The van der Waals surface area contributed by atoms with Crippen molar-refractivity contribution in [2.45, 2.75) is 9.79 Å². The third kappa shape index (κ3) is 2.16. The van der Waals surface area contributed by atoms with E-state index >= 15 is 0 Å². The van der Waals surface area contributed by atoms with Crippen molar-refractivity contribution in [3.05, 3.63) is 39.4 Å². The SMILES string of the molecule is O=S(=O)=C1c2cc(Cl)cc(c2O)S(=O)(=O)c2c(O)c(Cl)cc1c2O. The van der Waals surface area contributed by atoms with Crippen molar-refractivity contribution in [1.82, 2.24) is 0 Å². The molecule has 0 saturated heterocycles. The van der Waals surface area contributed by atoms with Gasteiger partial charge in [0.05, 0.1) is 5.02 Å². The van der Waals surface area contributed by atoms with Gasteiger partial charge in [0.2, 0.25) is 20.1 Å². The number of rotatable bonds is 0. The standard InChI is InChI=1S/C13H6Cl2O7S2/c14-4-1-5-9(16)8(2-4)24(21,22)13-10(17)6(12(5)23(19)20)3-7(15)11(13)18/h1-3,16-18H. The van der Waals surface area contributed by atoms with Gasteiger partial charge < -0.3 is 15.3 Å². The molecule has 2 aromatic carbocycles. The number of benzene rings is 2. The van der Waals surface area contributed by atoms with E-state index in [0.29, 0.717) is 0 Å². The van der Waals surface area contributed by atoms with Crippen LogP contribution in [0.4, 0.5) is 0 Å². The summed E-state index contributed by atoms with van der Waals surface area (Å²) in [5, 5.41) is 29.8. The van der Waals surface area contributed by atoms with E-state index in [4.69, 9.17) is 23.2 Å². The second-order valence-corrected chi connectivity index (χ2v) is 8.38. The number of fused-ring (bicyclic) bond motifs is 4. The van der Waals surface area contributed by atoms with Gasteiger partial charge in [-0.15, -0.1) is 0 Å². The third-order valence-electron chi connectivity index (χ3n) is 3.44. The summed E-state index contributed by atoms with van der Waals surface area (Å²) < 4.78 is 48.7. The van der Waals surface area contributed by atoms with E-state index in [0.717, 1.165) is 18.2 Å². The van der Waals surface area contributed by atoms with Crippen LogP contribution in [0, 0.1) is 0 Å². The minimum absolute atomic E-state index is 0.167. The molecule has 1 heterocycles. The van der Waals surface area contributed by atoms with Crippen LogP contribution in [0.2, 0.25) is 10.0 Å². The molecule has 1 aliphatic rings. The second-order valence-electron chi connectivity index (χ2n) is 4.80. The van der Waals surface area contributed by atoms with Gasteiger partial charge in [0.1, 0.15) is 21.3 Å². The molecule has 0 spiro atoms. The normalized spacial score (nSPS) is 14.8. The molecule has 1 aliphatic heterocycles. The Morgan fingerprint density at radius 3 is 2.04 bits per heavy atom. The van der Waals surface area contributed by atoms with Crippen molar-refractivity contribution in [2.75, 3.05) is 0 Å². The molecule has 126 valence electrons. The molecule has 0 atom stereocenters. The Morgan fingerprint density at radius 1 is 0.875 bits per heavy atom. The Hall–Kier alpha value is -1.94. The van der Waals surface area contributed by atoms with E-state index in [9.17, 15) is 32.2 Å². The summed E-state index contributed by atoms with van der Waals surface area (Å²) in [4.78, 5) is -2.41. The molecule has 24 heavy (non-hydrogen) atoms. The quantitative estimate of drug-likeness (QED) is 0.482. The summed E-state index contributed by atoms with van der Waals surface area (Å²) >= 11 is 11.6. The fourth-order valence-electron chi connectivity index (χ4n) is 2.42. The van der Waals surface area contributed by atoms with E-state index in [1.54, 1.807) is 0 Å². The zero-order valence-corrected chi connectivity index (χ0v) is 14.4. The second kappa shape index (κ2) is 5.28. The first-order chi connectivity index (χ1) is 11.1. The maximum absolute atomic E-state index is 12.7. The van der Waals surface area contributed by atoms with Crippen molar-refractivity contribution in [3.63, 3.8) is 0 Å². The molecular weight excluding hydrogens is 403 g/mol. The molecule has 2 aromatic rings. The van der Waals surface area contributed by atoms with Crippen LogP contribution in [0.1, 0.15) is 11.1 Å². The first-order valence-corrected chi connectivity index (χ1v) is 9.37. The molecule has 0 amide bonds. The predicted octanol–water partition coefficient (Wildman–Crippen LogP) is 1.70. The molecule has 0 saturated carbocycles. The Kier molecular flexibility index (Phi) is 3.72. The minimum atomic E-state index is -4.64. The number of hydrogen-bond acceptors (Lipinski definition) is 7. The zero-order valence-electron chi connectivity index (χ0n) is 11.3. The Labute approximate surface area is 146 Å². The molecule has 0 fully saturated rings. The molecule has 4 bridgehead atoms. The lowest BCUT2D eigenvalue weighted by atomic mass is 10.0. The van der Waals surface area contributed by atoms with E-state index in [2.05, 4.69) is 0 Å².